The molecule has 2 amide bonds. The molecule has 0 atom stereocenters. The molecule has 4 N–H and O–H groups in total. The second-order valence-corrected chi connectivity index (χ2v) is 20.9. The number of carbonyl (C=O) groups is 2. The Bertz CT molecular complexity index is 2580. The number of terminal acetylenes is 2. The lowest BCUT2D eigenvalue weighted by Gasteiger charge is -2.43. The number of ether oxygens (including phenoxy) is 1. The van der Waals surface area contributed by atoms with Gasteiger partial charge in [-0.1, -0.05) is 51.7 Å². The highest BCUT2D eigenvalue weighted by atomic mass is 16.5. The first-order valence-corrected chi connectivity index (χ1v) is 23.6. The summed E-state index contributed by atoms with van der Waals surface area (Å²) >= 11 is 0. The summed E-state index contributed by atoms with van der Waals surface area (Å²) in [6, 6.07) is 8.00. The van der Waals surface area contributed by atoms with E-state index in [1.54, 1.807) is 0 Å². The zero-order chi connectivity index (χ0) is 48.1. The van der Waals surface area contributed by atoms with Crippen molar-refractivity contribution in [2.24, 2.45) is 10.8 Å². The number of morpholine rings is 1. The summed E-state index contributed by atoms with van der Waals surface area (Å²) < 4.78 is 5.54. The number of aromatic nitrogens is 6. The Morgan fingerprint density at radius 3 is 1.46 bits per heavy atom. The SMILES string of the molecule is C#Cc1cnc(C(=O)Nc2ccc(C(C)(C)N3CCN(C)CC3)nc2C2=CCC(C)(C)CC2)[nH]1.C#Cc1cnc(C(=O)Nc2ccc(C(C)(C)N3CCOCC3)nc2C2=CCC(C)(C)CC2)[nH]1. The van der Waals surface area contributed by atoms with Crippen LogP contribution in [0, 0.1) is 35.5 Å². The van der Waals surface area contributed by atoms with Crippen LogP contribution < -0.4 is 10.6 Å². The number of anilines is 2. The predicted molar refractivity (Wildman–Crippen MR) is 266 cm³/mol. The number of rotatable bonds is 10. The minimum Gasteiger partial charge on any atom is -0.379 e. The van der Waals surface area contributed by atoms with Gasteiger partial charge in [-0.25, -0.2) is 19.9 Å². The Balaban J connectivity index is 0.000000199. The minimum atomic E-state index is -0.337. The normalized spacial score (nSPS) is 19.1. The Hall–Kier alpha value is -5.90. The second-order valence-electron chi connectivity index (χ2n) is 20.9. The van der Waals surface area contributed by atoms with Gasteiger partial charge in [-0.2, -0.15) is 0 Å². The molecule has 14 nitrogen and oxygen atoms in total. The number of imidazole rings is 2. The number of nitrogens with zero attached hydrogens (tertiary/aromatic N) is 7. The Morgan fingerprint density at radius 1 is 0.672 bits per heavy atom. The summed E-state index contributed by atoms with van der Waals surface area (Å²) in [5, 5.41) is 6.02. The van der Waals surface area contributed by atoms with E-state index in [1.807, 2.05) is 24.3 Å². The zero-order valence-corrected chi connectivity index (χ0v) is 41.0. The summed E-state index contributed by atoms with van der Waals surface area (Å²) in [7, 11) is 2.17. The number of piperazine rings is 1. The number of carbonyl (C=O) groups excluding carboxylic acids is 2. The van der Waals surface area contributed by atoms with Gasteiger partial charge in [0.15, 0.2) is 11.6 Å². The van der Waals surface area contributed by atoms with E-state index in [0.29, 0.717) is 22.8 Å². The summed E-state index contributed by atoms with van der Waals surface area (Å²) in [6.07, 6.45) is 24.3. The van der Waals surface area contributed by atoms with Gasteiger partial charge < -0.3 is 30.2 Å². The maximum absolute atomic E-state index is 12.9. The number of aromatic amines is 2. The van der Waals surface area contributed by atoms with Gasteiger partial charge >= 0.3 is 0 Å². The summed E-state index contributed by atoms with van der Waals surface area (Å²) in [4.78, 5) is 57.3. The number of allylic oxidation sites excluding steroid dienone is 4. The molecule has 67 heavy (non-hydrogen) atoms. The minimum absolute atomic E-state index is 0.186. The summed E-state index contributed by atoms with van der Waals surface area (Å²) in [5.41, 5.74) is 8.48. The van der Waals surface area contributed by atoms with Crippen LogP contribution in [0.25, 0.3) is 11.1 Å². The summed E-state index contributed by atoms with van der Waals surface area (Å²) in [5.74, 6) is 4.64. The summed E-state index contributed by atoms with van der Waals surface area (Å²) in [6.45, 7) is 25.4. The van der Waals surface area contributed by atoms with Gasteiger partial charge in [0.1, 0.15) is 11.4 Å². The molecule has 4 aromatic heterocycles. The van der Waals surface area contributed by atoms with Crippen LogP contribution in [-0.4, -0.2) is 116 Å². The van der Waals surface area contributed by atoms with Crippen molar-refractivity contribution >= 4 is 34.3 Å². The lowest BCUT2D eigenvalue weighted by molar-refractivity contribution is -0.0132. The van der Waals surface area contributed by atoms with Crippen molar-refractivity contribution in [3.63, 3.8) is 0 Å². The van der Waals surface area contributed by atoms with Crippen molar-refractivity contribution in [3.05, 3.63) is 94.6 Å². The van der Waals surface area contributed by atoms with Crippen LogP contribution in [0.15, 0.2) is 48.8 Å². The number of hydrogen-bond donors (Lipinski definition) is 4. The fourth-order valence-corrected chi connectivity index (χ4v) is 9.07. The average molecular weight is 908 g/mol. The molecule has 2 fully saturated rings. The quantitative estimate of drug-likeness (QED) is 0.114. The standard InChI is InChI=1S/C27H36N6O.C26H33N5O2/c1-7-20-18-28-24(29-20)25(34)30-21-8-9-22(27(4,5)33-16-14-32(6)15-17-33)31-23(21)19-10-12-26(2,3)13-11-19;1-6-19-17-27-23(28-19)24(32)29-20-7-8-21(26(4,5)31-13-15-33-16-14-31)30-22(20)18-9-11-25(2,3)12-10-18/h1,8-10,18H,11-17H2,2-6H3,(H,28,29)(H,30,34);1,7-9,17H,10-16H2,2-5H3,(H,27,28)(H,29,32). The molecular formula is C53H69N11O3. The third-order valence-electron chi connectivity index (χ3n) is 14.1. The third kappa shape index (κ3) is 11.6. The van der Waals surface area contributed by atoms with Gasteiger partial charge in [-0.3, -0.25) is 19.4 Å². The number of pyridine rings is 2. The Morgan fingerprint density at radius 2 is 1.09 bits per heavy atom. The first-order chi connectivity index (χ1) is 31.8. The average Bonchev–Trinajstić information content (AvgIpc) is 4.01. The molecule has 4 aromatic rings. The van der Waals surface area contributed by atoms with Crippen LogP contribution in [0.1, 0.15) is 149 Å². The van der Waals surface area contributed by atoms with Crippen molar-refractivity contribution < 1.29 is 14.3 Å². The number of H-pyrrole nitrogens is 2. The van der Waals surface area contributed by atoms with Crippen molar-refractivity contribution in [2.75, 3.05) is 70.2 Å². The molecule has 354 valence electrons. The van der Waals surface area contributed by atoms with E-state index in [0.717, 1.165) is 114 Å². The van der Waals surface area contributed by atoms with Crippen molar-refractivity contribution in [3.8, 4) is 24.7 Å². The zero-order valence-electron chi connectivity index (χ0n) is 41.0. The Labute approximate surface area is 397 Å². The van der Waals surface area contributed by atoms with E-state index in [-0.39, 0.29) is 45.4 Å². The molecule has 2 aliphatic heterocycles. The maximum Gasteiger partial charge on any atom is 0.291 e. The maximum atomic E-state index is 12.9. The van der Waals surface area contributed by atoms with Gasteiger partial charge in [-0.05, 0) is 120 Å². The molecule has 0 unspecified atom stereocenters. The van der Waals surface area contributed by atoms with Gasteiger partial charge in [0.05, 0.1) is 70.8 Å². The molecule has 0 aromatic carbocycles. The number of likely N-dealkylation sites (N-methyl/N-ethyl adjacent to an activating group) is 1. The molecule has 8 rings (SSSR count). The lowest BCUT2D eigenvalue weighted by Crippen LogP contribution is -2.52. The molecule has 0 saturated carbocycles. The largest absolute Gasteiger partial charge is 0.379 e. The van der Waals surface area contributed by atoms with E-state index < -0.39 is 0 Å². The van der Waals surface area contributed by atoms with Crippen molar-refractivity contribution in [1.82, 2.24) is 44.6 Å². The smallest absolute Gasteiger partial charge is 0.291 e. The fourth-order valence-electron chi connectivity index (χ4n) is 9.07. The van der Waals surface area contributed by atoms with Crippen LogP contribution in [-0.2, 0) is 15.8 Å². The van der Waals surface area contributed by atoms with Crippen LogP contribution in [0.2, 0.25) is 0 Å². The Kier molecular flexibility index (Phi) is 14.7. The molecular weight excluding hydrogens is 839 g/mol. The van der Waals surface area contributed by atoms with Crippen LogP contribution in [0.4, 0.5) is 11.4 Å². The highest BCUT2D eigenvalue weighted by Gasteiger charge is 2.35. The molecule has 0 radical (unpaired) electrons. The highest BCUT2D eigenvalue weighted by molar-refractivity contribution is 6.04. The number of hydrogen-bond acceptors (Lipinski definition) is 10. The van der Waals surface area contributed by atoms with Crippen LogP contribution >= 0.6 is 0 Å². The molecule has 0 bridgehead atoms. The number of amides is 2. The molecule has 4 aliphatic rings. The predicted octanol–water partition coefficient (Wildman–Crippen LogP) is 8.31. The molecule has 0 spiro atoms. The fraction of sp³-hybridized carbons (Fsp3) is 0.509. The molecule has 6 heterocycles. The van der Waals surface area contributed by atoms with E-state index in [2.05, 4.69) is 132 Å². The second kappa shape index (κ2) is 20.1. The first-order valence-electron chi connectivity index (χ1n) is 23.6. The van der Waals surface area contributed by atoms with Gasteiger partial charge in [-0.15, -0.1) is 12.8 Å². The monoisotopic (exact) mass is 908 g/mol. The first kappa shape index (κ1) is 49.0. The van der Waals surface area contributed by atoms with Gasteiger partial charge in [0.2, 0.25) is 0 Å². The topological polar surface area (TPSA) is 160 Å². The van der Waals surface area contributed by atoms with Crippen LogP contribution in [0.3, 0.4) is 0 Å². The molecule has 14 heteroatoms. The van der Waals surface area contributed by atoms with Gasteiger partial charge in [0.25, 0.3) is 11.8 Å². The molecule has 2 aliphatic carbocycles. The van der Waals surface area contributed by atoms with Crippen LogP contribution in [0.5, 0.6) is 0 Å². The van der Waals surface area contributed by atoms with E-state index in [9.17, 15) is 9.59 Å². The van der Waals surface area contributed by atoms with E-state index >= 15 is 0 Å². The highest BCUT2D eigenvalue weighted by Crippen LogP contribution is 2.42. The van der Waals surface area contributed by atoms with Gasteiger partial charge in [0, 0.05) is 39.3 Å². The van der Waals surface area contributed by atoms with Crippen molar-refractivity contribution in [1.29, 1.82) is 0 Å². The van der Waals surface area contributed by atoms with Crippen molar-refractivity contribution in [2.45, 2.75) is 105 Å². The lowest BCUT2D eigenvalue weighted by atomic mass is 9.77. The third-order valence-corrected chi connectivity index (χ3v) is 14.1. The number of nitrogens with one attached hydrogen (secondary N) is 4. The molecule has 2 saturated heterocycles. The van der Waals surface area contributed by atoms with E-state index in [4.69, 9.17) is 27.6 Å². The van der Waals surface area contributed by atoms with E-state index in [1.165, 1.54) is 23.5 Å².